The van der Waals surface area contributed by atoms with Crippen molar-refractivity contribution in [1.29, 1.82) is 5.26 Å². The third-order valence-corrected chi connectivity index (χ3v) is 6.83. The van der Waals surface area contributed by atoms with Crippen LogP contribution < -0.4 is 21.1 Å². The van der Waals surface area contributed by atoms with Crippen molar-refractivity contribution in [3.63, 3.8) is 0 Å². The maximum atomic E-state index is 12.9. The lowest BCUT2D eigenvalue weighted by Gasteiger charge is -2.33. The number of allylic oxidation sites excluding steroid dienone is 1. The number of nitrogens with two attached hydrogens (primary N) is 2. The number of rotatable bonds is 8. The first-order chi connectivity index (χ1) is 21.0. The van der Waals surface area contributed by atoms with Crippen molar-refractivity contribution < 1.29 is 19.0 Å². The first-order valence-electron chi connectivity index (χ1n) is 14.1. The van der Waals surface area contributed by atoms with Gasteiger partial charge in [-0.2, -0.15) is 5.26 Å². The van der Waals surface area contributed by atoms with Crippen LogP contribution >= 0.6 is 0 Å². The molecule has 2 heterocycles. The largest absolute Gasteiger partial charge is 0.456 e. The Morgan fingerprint density at radius 1 is 1.07 bits per heavy atom. The van der Waals surface area contributed by atoms with E-state index in [0.717, 1.165) is 30.1 Å². The zero-order valence-electron chi connectivity index (χ0n) is 25.2. The molecule has 0 aliphatic carbocycles. The summed E-state index contributed by atoms with van der Waals surface area (Å²) in [4.78, 5) is 24.4. The Balaban J connectivity index is 1.48. The van der Waals surface area contributed by atoms with Gasteiger partial charge in [0.1, 0.15) is 34.7 Å². The highest BCUT2D eigenvalue weighted by Gasteiger charge is 2.32. The number of ether oxygens (including phenoxy) is 3. The lowest BCUT2D eigenvalue weighted by atomic mass is 10.1. The lowest BCUT2D eigenvalue weighted by Crippen LogP contribution is -2.49. The van der Waals surface area contributed by atoms with E-state index < -0.39 is 17.9 Å². The summed E-state index contributed by atoms with van der Waals surface area (Å²) in [5.41, 5.74) is 8.66. The summed E-state index contributed by atoms with van der Waals surface area (Å²) in [6.07, 6.45) is -0.635. The van der Waals surface area contributed by atoms with E-state index in [1.165, 1.54) is 17.1 Å². The molecule has 0 aromatic heterocycles. The highest BCUT2D eigenvalue weighted by atomic mass is 16.6. The molecule has 1 atom stereocenters. The fraction of sp³-hybridized carbons (Fsp3) is 0.273. The van der Waals surface area contributed by atoms with Crippen LogP contribution in [0.25, 0.3) is 0 Å². The van der Waals surface area contributed by atoms with Crippen molar-refractivity contribution in [2.75, 3.05) is 20.1 Å². The molecular formula is C33H35N7O4. The maximum Gasteiger partial charge on any atom is 0.340 e. The average Bonchev–Trinajstić information content (AvgIpc) is 3.43. The molecule has 11 nitrogen and oxygen atoms in total. The number of likely N-dealkylation sites (N-methyl/N-ethyl adjacent to an activating group) is 1. The second kappa shape index (κ2) is 12.5. The predicted molar refractivity (Wildman–Crippen MR) is 167 cm³/mol. The van der Waals surface area contributed by atoms with Crippen molar-refractivity contribution in [3.8, 4) is 17.6 Å². The molecule has 0 radical (unpaired) electrons. The Bertz CT molecular complexity index is 1690. The molecule has 0 bridgehead atoms. The number of carbonyl (C=O) groups excluding carboxylic acids is 1. The molecule has 3 aromatic carbocycles. The number of esters is 1. The van der Waals surface area contributed by atoms with Gasteiger partial charge in [0.25, 0.3) is 6.35 Å². The molecule has 0 saturated carbocycles. The number of hydrogen-bond acceptors (Lipinski definition) is 11. The molecule has 2 aliphatic rings. The standard InChI is InChI=1S/C33H35N7O4/c1-33(2,3)44-31(41)26-19-25(14-13-23(26)20-34)42-30-28(35)27(17-21-9-6-5-7-10-21)38-32(40(30)36)43-24-12-8-11-22(18-24)29-37-15-16-39(29)4/h5-14,18-19,32H,15-17,35-36H2,1-4H3. The smallest absolute Gasteiger partial charge is 0.340 e. The van der Waals surface area contributed by atoms with Crippen LogP contribution in [0.5, 0.6) is 11.5 Å². The van der Waals surface area contributed by atoms with Gasteiger partial charge in [-0.1, -0.05) is 42.5 Å². The van der Waals surface area contributed by atoms with Crippen LogP contribution in [0.3, 0.4) is 0 Å². The Kier molecular flexibility index (Phi) is 8.55. The van der Waals surface area contributed by atoms with E-state index in [2.05, 4.69) is 9.89 Å². The van der Waals surface area contributed by atoms with Gasteiger partial charge in [0.15, 0.2) is 0 Å². The van der Waals surface area contributed by atoms with E-state index >= 15 is 0 Å². The summed E-state index contributed by atoms with van der Waals surface area (Å²) in [6, 6.07) is 23.8. The van der Waals surface area contributed by atoms with E-state index in [-0.39, 0.29) is 28.5 Å². The monoisotopic (exact) mass is 593 g/mol. The molecule has 5 rings (SSSR count). The van der Waals surface area contributed by atoms with Gasteiger partial charge in [-0.3, -0.25) is 4.99 Å². The molecule has 2 aliphatic heterocycles. The Morgan fingerprint density at radius 3 is 2.52 bits per heavy atom. The second-order valence-electron chi connectivity index (χ2n) is 11.4. The minimum atomic E-state index is -1.03. The van der Waals surface area contributed by atoms with Gasteiger partial charge in [0.2, 0.25) is 5.88 Å². The number of benzene rings is 3. The molecule has 3 aromatic rings. The van der Waals surface area contributed by atoms with Gasteiger partial charge < -0.3 is 24.8 Å². The number of carbonyl (C=O) groups is 1. The molecule has 1 unspecified atom stereocenters. The van der Waals surface area contributed by atoms with Crippen LogP contribution in [0.4, 0.5) is 0 Å². The van der Waals surface area contributed by atoms with Crippen LogP contribution in [0.15, 0.2) is 94.4 Å². The van der Waals surface area contributed by atoms with E-state index in [1.54, 1.807) is 26.8 Å². The van der Waals surface area contributed by atoms with Crippen LogP contribution in [0.2, 0.25) is 0 Å². The number of nitriles is 1. The van der Waals surface area contributed by atoms with E-state index in [1.807, 2.05) is 67.7 Å². The minimum Gasteiger partial charge on any atom is -0.456 e. The quantitative estimate of drug-likeness (QED) is 0.292. The molecule has 0 amide bonds. The molecule has 44 heavy (non-hydrogen) atoms. The molecular weight excluding hydrogens is 558 g/mol. The first kappa shape index (κ1) is 30.1. The number of nitrogens with zero attached hydrogens (tertiary/aromatic N) is 5. The van der Waals surface area contributed by atoms with Gasteiger partial charge in [-0.05, 0) is 56.7 Å². The van der Waals surface area contributed by atoms with E-state index in [9.17, 15) is 10.1 Å². The first-order valence-corrected chi connectivity index (χ1v) is 14.1. The number of aliphatic imine (C=N–C) groups is 2. The highest BCUT2D eigenvalue weighted by Crippen LogP contribution is 2.28. The zero-order chi connectivity index (χ0) is 31.4. The average molecular weight is 594 g/mol. The van der Waals surface area contributed by atoms with E-state index in [4.69, 9.17) is 30.8 Å². The summed E-state index contributed by atoms with van der Waals surface area (Å²) in [5.74, 6) is 7.60. The van der Waals surface area contributed by atoms with Crippen LogP contribution in [-0.2, 0) is 11.2 Å². The highest BCUT2D eigenvalue weighted by molar-refractivity contribution is 6.02. The van der Waals surface area contributed by atoms with E-state index in [0.29, 0.717) is 17.9 Å². The van der Waals surface area contributed by atoms with Crippen molar-refractivity contribution in [3.05, 3.63) is 107 Å². The molecule has 226 valence electrons. The van der Waals surface area contributed by atoms with Gasteiger partial charge >= 0.3 is 5.97 Å². The zero-order valence-corrected chi connectivity index (χ0v) is 25.2. The second-order valence-corrected chi connectivity index (χ2v) is 11.4. The number of hydrogen-bond donors (Lipinski definition) is 2. The lowest BCUT2D eigenvalue weighted by molar-refractivity contribution is 0.00670. The molecule has 0 fully saturated rings. The fourth-order valence-corrected chi connectivity index (χ4v) is 4.72. The summed E-state index contributed by atoms with van der Waals surface area (Å²) in [5, 5.41) is 10.8. The Hall–Kier alpha value is -5.34. The predicted octanol–water partition coefficient (Wildman–Crippen LogP) is 3.95. The van der Waals surface area contributed by atoms with Gasteiger partial charge in [0.05, 0.1) is 23.4 Å². The van der Waals surface area contributed by atoms with Crippen molar-refractivity contribution >= 4 is 17.5 Å². The van der Waals surface area contributed by atoms with Crippen molar-refractivity contribution in [1.82, 2.24) is 9.91 Å². The molecule has 4 N–H and O–H groups in total. The Labute approximate surface area is 256 Å². The minimum absolute atomic E-state index is 0.0565. The summed E-state index contributed by atoms with van der Waals surface area (Å²) in [6.45, 7) is 6.83. The number of hydrazine groups is 1. The van der Waals surface area contributed by atoms with Gasteiger partial charge in [-0.25, -0.2) is 20.6 Å². The van der Waals surface area contributed by atoms with Crippen LogP contribution in [0.1, 0.15) is 47.8 Å². The summed E-state index contributed by atoms with van der Waals surface area (Å²) < 4.78 is 18.0. The van der Waals surface area contributed by atoms with Crippen molar-refractivity contribution in [2.24, 2.45) is 21.6 Å². The van der Waals surface area contributed by atoms with Gasteiger partial charge in [0, 0.05) is 25.6 Å². The van der Waals surface area contributed by atoms with Crippen LogP contribution in [0, 0.1) is 11.3 Å². The fourth-order valence-electron chi connectivity index (χ4n) is 4.72. The molecule has 0 saturated heterocycles. The normalized spacial score (nSPS) is 16.7. The van der Waals surface area contributed by atoms with Crippen molar-refractivity contribution in [2.45, 2.75) is 39.1 Å². The SMILES string of the molecule is CN1CCN=C1c1cccc(OC2N=C(Cc3ccccc3)C(N)=C(Oc3ccc(C#N)c(C(=O)OC(C)(C)C)c3)N2N)c1. The Morgan fingerprint density at radius 2 is 1.84 bits per heavy atom. The summed E-state index contributed by atoms with van der Waals surface area (Å²) in [7, 11) is 2.00. The summed E-state index contributed by atoms with van der Waals surface area (Å²) >= 11 is 0. The molecule has 11 heteroatoms. The van der Waals surface area contributed by atoms with Crippen LogP contribution in [-0.4, -0.2) is 59.5 Å². The topological polar surface area (TPSA) is 152 Å². The third-order valence-electron chi connectivity index (χ3n) is 6.83. The molecule has 0 spiro atoms. The maximum absolute atomic E-state index is 12.9. The third kappa shape index (κ3) is 6.82. The number of amidine groups is 1. The van der Waals surface area contributed by atoms with Gasteiger partial charge in [-0.15, -0.1) is 0 Å².